The van der Waals surface area contributed by atoms with E-state index < -0.39 is 5.97 Å². The first kappa shape index (κ1) is 9.89. The van der Waals surface area contributed by atoms with E-state index in [0.717, 1.165) is 0 Å². The van der Waals surface area contributed by atoms with Crippen molar-refractivity contribution in [3.05, 3.63) is 17.0 Å². The van der Waals surface area contributed by atoms with E-state index in [1.807, 2.05) is 13.8 Å². The van der Waals surface area contributed by atoms with E-state index >= 15 is 0 Å². The number of nitrogens with one attached hydrogen (secondary N) is 1. The summed E-state index contributed by atoms with van der Waals surface area (Å²) in [5, 5.41) is 15.1. The van der Waals surface area contributed by atoms with Crippen LogP contribution in [0.1, 0.15) is 46.8 Å². The van der Waals surface area contributed by atoms with Crippen molar-refractivity contribution in [1.82, 2.24) is 10.2 Å². The Balaban J connectivity index is 2.54. The summed E-state index contributed by atoms with van der Waals surface area (Å²) < 4.78 is 0. The minimum atomic E-state index is -1.06. The summed E-state index contributed by atoms with van der Waals surface area (Å²) in [4.78, 5) is 22.5. The molecule has 0 bridgehead atoms. The third kappa shape index (κ3) is 1.54. The number of carbonyl (C=O) groups excluding carboxylic acids is 1. The maximum atomic E-state index is 11.7. The second kappa shape index (κ2) is 2.92. The van der Waals surface area contributed by atoms with Gasteiger partial charge in [-0.25, -0.2) is 4.79 Å². The molecule has 80 valence electrons. The molecule has 0 amide bonds. The Morgan fingerprint density at radius 1 is 1.47 bits per heavy atom. The highest BCUT2D eigenvalue weighted by Gasteiger charge is 2.35. The maximum Gasteiger partial charge on any atom is 0.354 e. The first-order valence-corrected chi connectivity index (χ1v) is 4.74. The van der Waals surface area contributed by atoms with Gasteiger partial charge < -0.3 is 5.11 Å². The predicted molar refractivity (Wildman–Crippen MR) is 52.0 cm³/mol. The first-order valence-electron chi connectivity index (χ1n) is 4.74. The van der Waals surface area contributed by atoms with E-state index in [1.54, 1.807) is 0 Å². The van der Waals surface area contributed by atoms with E-state index in [2.05, 4.69) is 10.2 Å². The molecule has 0 fully saturated rings. The molecule has 0 radical (unpaired) electrons. The molecule has 1 aromatic heterocycles. The number of aromatic amines is 1. The lowest BCUT2D eigenvalue weighted by atomic mass is 9.75. The Bertz CT molecular complexity index is 432. The van der Waals surface area contributed by atoms with Crippen molar-refractivity contribution in [2.45, 2.75) is 26.7 Å². The largest absolute Gasteiger partial charge is 0.477 e. The molecule has 1 heterocycles. The van der Waals surface area contributed by atoms with Crippen molar-refractivity contribution in [2.24, 2.45) is 5.41 Å². The van der Waals surface area contributed by atoms with Gasteiger partial charge in [0.25, 0.3) is 0 Å². The highest BCUT2D eigenvalue weighted by Crippen LogP contribution is 2.35. The molecule has 0 saturated heterocycles. The molecule has 1 aromatic rings. The molecule has 0 aliphatic heterocycles. The molecule has 0 aromatic carbocycles. The highest BCUT2D eigenvalue weighted by molar-refractivity contribution is 6.00. The standard InChI is InChI=1S/C10H12N2O3/c1-10(2)3-5-7(6(13)4-10)11-12-8(5)9(14)15/h3-4H2,1-2H3,(H,11,12)(H,14,15). The Hall–Kier alpha value is -1.65. The summed E-state index contributed by atoms with van der Waals surface area (Å²) in [6.45, 7) is 3.90. The number of fused-ring (bicyclic) bond motifs is 1. The minimum absolute atomic E-state index is 0.0473. The average molecular weight is 208 g/mol. The fourth-order valence-corrected chi connectivity index (χ4v) is 2.00. The predicted octanol–water partition coefficient (Wildman–Crippen LogP) is 1.26. The van der Waals surface area contributed by atoms with E-state index in [1.165, 1.54) is 0 Å². The summed E-state index contributed by atoms with van der Waals surface area (Å²) in [5.41, 5.74) is 0.708. The van der Waals surface area contributed by atoms with Gasteiger partial charge in [0.1, 0.15) is 11.4 Å². The lowest BCUT2D eigenvalue weighted by Gasteiger charge is -2.27. The van der Waals surface area contributed by atoms with Crippen LogP contribution in [-0.4, -0.2) is 27.1 Å². The molecule has 5 heteroatoms. The van der Waals surface area contributed by atoms with Crippen LogP contribution in [0.3, 0.4) is 0 Å². The van der Waals surface area contributed by atoms with E-state index in [9.17, 15) is 9.59 Å². The first-order chi connectivity index (χ1) is 6.91. The molecule has 15 heavy (non-hydrogen) atoms. The van der Waals surface area contributed by atoms with Crippen molar-refractivity contribution >= 4 is 11.8 Å². The Morgan fingerprint density at radius 2 is 2.13 bits per heavy atom. The monoisotopic (exact) mass is 208 g/mol. The van der Waals surface area contributed by atoms with Crippen LogP contribution in [0.5, 0.6) is 0 Å². The quantitative estimate of drug-likeness (QED) is 0.727. The molecule has 5 nitrogen and oxygen atoms in total. The van der Waals surface area contributed by atoms with Crippen LogP contribution >= 0.6 is 0 Å². The number of aromatic carboxylic acids is 1. The fraction of sp³-hybridized carbons (Fsp3) is 0.500. The van der Waals surface area contributed by atoms with Crippen molar-refractivity contribution in [3.63, 3.8) is 0 Å². The van der Waals surface area contributed by atoms with Crippen LogP contribution in [0.25, 0.3) is 0 Å². The number of hydrogen-bond acceptors (Lipinski definition) is 3. The zero-order chi connectivity index (χ0) is 11.2. The summed E-state index contributed by atoms with van der Waals surface area (Å²) >= 11 is 0. The Labute approximate surface area is 86.5 Å². The van der Waals surface area contributed by atoms with Gasteiger partial charge in [0.2, 0.25) is 0 Å². The van der Waals surface area contributed by atoms with Gasteiger partial charge in [0.15, 0.2) is 5.78 Å². The summed E-state index contributed by atoms with van der Waals surface area (Å²) in [5.74, 6) is -1.14. The van der Waals surface area contributed by atoms with E-state index in [4.69, 9.17) is 5.11 Å². The lowest BCUT2D eigenvalue weighted by Crippen LogP contribution is -2.27. The van der Waals surface area contributed by atoms with Crippen molar-refractivity contribution in [2.75, 3.05) is 0 Å². The second-order valence-corrected chi connectivity index (χ2v) is 4.67. The lowest BCUT2D eigenvalue weighted by molar-refractivity contribution is 0.0688. The van der Waals surface area contributed by atoms with Gasteiger partial charge >= 0.3 is 5.97 Å². The van der Waals surface area contributed by atoms with Gasteiger partial charge in [0.05, 0.1) is 0 Å². The zero-order valence-corrected chi connectivity index (χ0v) is 8.63. The van der Waals surface area contributed by atoms with Crippen LogP contribution in [-0.2, 0) is 6.42 Å². The van der Waals surface area contributed by atoms with E-state index in [0.29, 0.717) is 24.1 Å². The normalized spacial score (nSPS) is 18.7. The number of rotatable bonds is 1. The minimum Gasteiger partial charge on any atom is -0.477 e. The molecule has 1 aliphatic rings. The van der Waals surface area contributed by atoms with Gasteiger partial charge in [0, 0.05) is 12.0 Å². The third-order valence-electron chi connectivity index (χ3n) is 2.64. The molecule has 2 N–H and O–H groups in total. The number of carboxylic acids is 1. The van der Waals surface area contributed by atoms with Gasteiger partial charge in [-0.1, -0.05) is 13.8 Å². The van der Waals surface area contributed by atoms with Gasteiger partial charge in [-0.15, -0.1) is 0 Å². The smallest absolute Gasteiger partial charge is 0.354 e. The van der Waals surface area contributed by atoms with Crippen molar-refractivity contribution in [1.29, 1.82) is 0 Å². The number of ketones is 1. The molecule has 2 rings (SSSR count). The number of nitrogens with zero attached hydrogens (tertiary/aromatic N) is 1. The molecule has 0 saturated carbocycles. The Kier molecular flexibility index (Phi) is 1.92. The van der Waals surface area contributed by atoms with Gasteiger partial charge in [-0.05, 0) is 11.8 Å². The zero-order valence-electron chi connectivity index (χ0n) is 8.63. The van der Waals surface area contributed by atoms with Crippen LogP contribution in [0.4, 0.5) is 0 Å². The van der Waals surface area contributed by atoms with Crippen LogP contribution in [0.15, 0.2) is 0 Å². The third-order valence-corrected chi connectivity index (χ3v) is 2.64. The number of carboxylic acid groups (broad SMARTS) is 1. The van der Waals surface area contributed by atoms with Crippen LogP contribution < -0.4 is 0 Å². The van der Waals surface area contributed by atoms with Crippen molar-refractivity contribution < 1.29 is 14.7 Å². The highest BCUT2D eigenvalue weighted by atomic mass is 16.4. The van der Waals surface area contributed by atoms with Crippen molar-refractivity contribution in [3.8, 4) is 0 Å². The molecular weight excluding hydrogens is 196 g/mol. The maximum absolute atomic E-state index is 11.7. The average Bonchev–Trinajstić information content (AvgIpc) is 2.45. The summed E-state index contributed by atoms with van der Waals surface area (Å²) in [6, 6.07) is 0. The van der Waals surface area contributed by atoms with Gasteiger partial charge in [-0.2, -0.15) is 5.10 Å². The number of carbonyl (C=O) groups is 2. The van der Waals surface area contributed by atoms with E-state index in [-0.39, 0.29) is 16.9 Å². The van der Waals surface area contributed by atoms with Crippen LogP contribution in [0.2, 0.25) is 0 Å². The van der Waals surface area contributed by atoms with Crippen LogP contribution in [0, 0.1) is 5.41 Å². The summed E-state index contributed by atoms with van der Waals surface area (Å²) in [7, 11) is 0. The molecule has 0 unspecified atom stereocenters. The molecular formula is C10H12N2O3. The SMILES string of the molecule is CC1(C)CC(=O)c2n[nH]c(C(=O)O)c2C1. The molecule has 1 aliphatic carbocycles. The number of hydrogen-bond donors (Lipinski definition) is 2. The number of aromatic nitrogens is 2. The number of H-pyrrole nitrogens is 1. The molecule has 0 spiro atoms. The second-order valence-electron chi connectivity index (χ2n) is 4.67. The summed E-state index contributed by atoms with van der Waals surface area (Å²) in [6.07, 6.45) is 0.996. The number of Topliss-reactive ketones (excluding diaryl/α,β-unsaturated/α-hetero) is 1. The van der Waals surface area contributed by atoms with Gasteiger partial charge in [-0.3, -0.25) is 9.89 Å². The fourth-order valence-electron chi connectivity index (χ4n) is 2.00. The topological polar surface area (TPSA) is 83.0 Å². The molecule has 0 atom stereocenters. The Morgan fingerprint density at radius 3 is 2.73 bits per heavy atom.